The summed E-state index contributed by atoms with van der Waals surface area (Å²) < 4.78 is 5.29. The molecule has 1 fully saturated rings. The summed E-state index contributed by atoms with van der Waals surface area (Å²) in [5.74, 6) is 2.26. The molecular weight excluding hydrogens is 176 g/mol. The summed E-state index contributed by atoms with van der Waals surface area (Å²) in [4.78, 5) is 8.64. The Labute approximate surface area is 84.5 Å². The van der Waals surface area contributed by atoms with Crippen molar-refractivity contribution in [3.63, 3.8) is 0 Å². The molecule has 0 bridgehead atoms. The SMILES string of the molecule is CCOc1cnc(C2CC2(C)C)nc1. The first-order valence-electron chi connectivity index (χ1n) is 5.08. The van der Waals surface area contributed by atoms with E-state index in [0.29, 0.717) is 17.9 Å². The highest BCUT2D eigenvalue weighted by atomic mass is 16.5. The minimum atomic E-state index is 0.396. The Balaban J connectivity index is 2.08. The van der Waals surface area contributed by atoms with Crippen LogP contribution in [-0.2, 0) is 0 Å². The van der Waals surface area contributed by atoms with E-state index in [2.05, 4.69) is 23.8 Å². The van der Waals surface area contributed by atoms with Crippen molar-refractivity contribution in [3.05, 3.63) is 18.2 Å². The number of aromatic nitrogens is 2. The molecule has 0 amide bonds. The van der Waals surface area contributed by atoms with Gasteiger partial charge in [0.1, 0.15) is 5.82 Å². The van der Waals surface area contributed by atoms with E-state index < -0.39 is 0 Å². The van der Waals surface area contributed by atoms with Crippen LogP contribution >= 0.6 is 0 Å². The Kier molecular flexibility index (Phi) is 2.17. The van der Waals surface area contributed by atoms with Gasteiger partial charge in [0, 0.05) is 5.92 Å². The first-order valence-corrected chi connectivity index (χ1v) is 5.08. The van der Waals surface area contributed by atoms with Crippen LogP contribution in [0.5, 0.6) is 5.75 Å². The first-order chi connectivity index (χ1) is 6.63. The molecule has 0 aliphatic heterocycles. The van der Waals surface area contributed by atoms with Gasteiger partial charge in [0.2, 0.25) is 0 Å². The third kappa shape index (κ3) is 1.72. The maximum absolute atomic E-state index is 5.29. The van der Waals surface area contributed by atoms with Gasteiger partial charge in [-0.2, -0.15) is 0 Å². The van der Waals surface area contributed by atoms with Gasteiger partial charge in [-0.05, 0) is 18.8 Å². The predicted molar refractivity (Wildman–Crippen MR) is 54.3 cm³/mol. The lowest BCUT2D eigenvalue weighted by molar-refractivity contribution is 0.336. The standard InChI is InChI=1S/C11H16N2O/c1-4-14-8-6-12-10(13-7-8)9-5-11(9,2)3/h6-7,9H,4-5H2,1-3H3. The fourth-order valence-electron chi connectivity index (χ4n) is 1.66. The maximum Gasteiger partial charge on any atom is 0.155 e. The molecule has 1 heterocycles. The summed E-state index contributed by atoms with van der Waals surface area (Å²) in [6.45, 7) is 7.12. The van der Waals surface area contributed by atoms with Crippen LogP contribution in [-0.4, -0.2) is 16.6 Å². The normalized spacial score (nSPS) is 23.2. The molecule has 1 unspecified atom stereocenters. The second-order valence-electron chi connectivity index (χ2n) is 4.46. The summed E-state index contributed by atoms with van der Waals surface area (Å²) in [6.07, 6.45) is 4.72. The Morgan fingerprint density at radius 2 is 2.00 bits per heavy atom. The van der Waals surface area contributed by atoms with E-state index in [0.717, 1.165) is 11.6 Å². The van der Waals surface area contributed by atoms with E-state index in [1.54, 1.807) is 12.4 Å². The zero-order valence-electron chi connectivity index (χ0n) is 8.95. The van der Waals surface area contributed by atoms with Gasteiger partial charge in [-0.3, -0.25) is 0 Å². The quantitative estimate of drug-likeness (QED) is 0.737. The van der Waals surface area contributed by atoms with Crippen molar-refractivity contribution in [3.8, 4) is 5.75 Å². The summed E-state index contributed by atoms with van der Waals surface area (Å²) in [5, 5.41) is 0. The average molecular weight is 192 g/mol. The molecule has 0 aromatic carbocycles. The molecule has 1 aromatic heterocycles. The molecule has 1 aliphatic carbocycles. The largest absolute Gasteiger partial charge is 0.491 e. The Hall–Kier alpha value is -1.12. The molecule has 1 atom stereocenters. The van der Waals surface area contributed by atoms with E-state index in [4.69, 9.17) is 4.74 Å². The molecule has 3 heteroatoms. The molecule has 2 rings (SSSR count). The zero-order chi connectivity index (χ0) is 10.2. The highest BCUT2D eigenvalue weighted by Gasteiger charge is 2.48. The van der Waals surface area contributed by atoms with Crippen molar-refractivity contribution in [2.45, 2.75) is 33.1 Å². The van der Waals surface area contributed by atoms with E-state index in [9.17, 15) is 0 Å². The lowest BCUT2D eigenvalue weighted by atomic mass is 10.1. The van der Waals surface area contributed by atoms with Crippen LogP contribution in [0.4, 0.5) is 0 Å². The van der Waals surface area contributed by atoms with Crippen LogP contribution in [0.2, 0.25) is 0 Å². The van der Waals surface area contributed by atoms with Gasteiger partial charge in [-0.25, -0.2) is 9.97 Å². The summed E-state index contributed by atoms with van der Waals surface area (Å²) in [6, 6.07) is 0. The Bertz CT molecular complexity index is 319. The smallest absolute Gasteiger partial charge is 0.155 e. The van der Waals surface area contributed by atoms with Crippen molar-refractivity contribution >= 4 is 0 Å². The van der Waals surface area contributed by atoms with Gasteiger partial charge in [-0.1, -0.05) is 13.8 Å². The second-order valence-corrected chi connectivity index (χ2v) is 4.46. The molecule has 1 saturated carbocycles. The third-order valence-electron chi connectivity index (χ3n) is 2.78. The van der Waals surface area contributed by atoms with Crippen LogP contribution in [0.15, 0.2) is 12.4 Å². The zero-order valence-corrected chi connectivity index (χ0v) is 8.95. The van der Waals surface area contributed by atoms with Crippen LogP contribution < -0.4 is 4.74 Å². The fraction of sp³-hybridized carbons (Fsp3) is 0.636. The minimum absolute atomic E-state index is 0.396. The molecule has 0 spiro atoms. The number of nitrogens with zero attached hydrogens (tertiary/aromatic N) is 2. The van der Waals surface area contributed by atoms with Crippen LogP contribution in [0.1, 0.15) is 38.9 Å². The lowest BCUT2D eigenvalue weighted by Crippen LogP contribution is -1.99. The molecule has 14 heavy (non-hydrogen) atoms. The van der Waals surface area contributed by atoms with Crippen molar-refractivity contribution in [1.29, 1.82) is 0 Å². The van der Waals surface area contributed by atoms with Crippen LogP contribution in [0.25, 0.3) is 0 Å². The van der Waals surface area contributed by atoms with Gasteiger partial charge < -0.3 is 4.74 Å². The third-order valence-corrected chi connectivity index (χ3v) is 2.78. The number of hydrogen-bond acceptors (Lipinski definition) is 3. The van der Waals surface area contributed by atoms with Crippen molar-refractivity contribution in [2.24, 2.45) is 5.41 Å². The van der Waals surface area contributed by atoms with E-state index in [1.165, 1.54) is 6.42 Å². The van der Waals surface area contributed by atoms with E-state index in [-0.39, 0.29) is 0 Å². The lowest BCUT2D eigenvalue weighted by Gasteiger charge is -2.04. The number of ether oxygens (including phenoxy) is 1. The summed E-state index contributed by atoms with van der Waals surface area (Å²) in [7, 11) is 0. The van der Waals surface area contributed by atoms with Gasteiger partial charge >= 0.3 is 0 Å². The van der Waals surface area contributed by atoms with Crippen molar-refractivity contribution in [1.82, 2.24) is 9.97 Å². The van der Waals surface area contributed by atoms with Crippen molar-refractivity contribution < 1.29 is 4.74 Å². The van der Waals surface area contributed by atoms with Gasteiger partial charge in [0.05, 0.1) is 19.0 Å². The topological polar surface area (TPSA) is 35.0 Å². The van der Waals surface area contributed by atoms with Gasteiger partial charge in [0.15, 0.2) is 5.75 Å². The second kappa shape index (κ2) is 3.23. The molecule has 0 N–H and O–H groups in total. The predicted octanol–water partition coefficient (Wildman–Crippen LogP) is 2.39. The molecule has 0 radical (unpaired) electrons. The molecular formula is C11H16N2O. The molecule has 3 nitrogen and oxygen atoms in total. The fourth-order valence-corrected chi connectivity index (χ4v) is 1.66. The van der Waals surface area contributed by atoms with Crippen LogP contribution in [0, 0.1) is 5.41 Å². The highest BCUT2D eigenvalue weighted by Crippen LogP contribution is 2.57. The molecule has 0 saturated heterocycles. The average Bonchev–Trinajstić information content (AvgIpc) is 2.77. The summed E-state index contributed by atoms with van der Waals surface area (Å²) >= 11 is 0. The molecule has 76 valence electrons. The number of rotatable bonds is 3. The molecule has 1 aromatic rings. The Morgan fingerprint density at radius 1 is 1.43 bits per heavy atom. The summed E-state index contributed by atoms with van der Waals surface area (Å²) in [5.41, 5.74) is 0.396. The first kappa shape index (κ1) is 9.44. The van der Waals surface area contributed by atoms with Crippen LogP contribution in [0.3, 0.4) is 0 Å². The van der Waals surface area contributed by atoms with E-state index >= 15 is 0 Å². The molecule has 1 aliphatic rings. The highest BCUT2D eigenvalue weighted by molar-refractivity contribution is 5.19. The maximum atomic E-state index is 5.29. The Morgan fingerprint density at radius 3 is 2.43 bits per heavy atom. The van der Waals surface area contributed by atoms with E-state index in [1.807, 2.05) is 6.92 Å². The monoisotopic (exact) mass is 192 g/mol. The van der Waals surface area contributed by atoms with Gasteiger partial charge in [-0.15, -0.1) is 0 Å². The minimum Gasteiger partial charge on any atom is -0.491 e. The number of hydrogen-bond donors (Lipinski definition) is 0. The van der Waals surface area contributed by atoms with Crippen molar-refractivity contribution in [2.75, 3.05) is 6.61 Å². The van der Waals surface area contributed by atoms with Gasteiger partial charge in [0.25, 0.3) is 0 Å².